The molecular weight excluding hydrogens is 328 g/mol. The molecule has 2 rings (SSSR count). The molecular formula is C20H32N4O2. The van der Waals surface area contributed by atoms with Crippen molar-refractivity contribution in [3.63, 3.8) is 0 Å². The summed E-state index contributed by atoms with van der Waals surface area (Å²) in [6.07, 6.45) is 4.89. The van der Waals surface area contributed by atoms with Crippen LogP contribution in [0.3, 0.4) is 0 Å². The van der Waals surface area contributed by atoms with Crippen LogP contribution in [0.2, 0.25) is 0 Å². The zero-order valence-electron chi connectivity index (χ0n) is 16.4. The highest BCUT2D eigenvalue weighted by Gasteiger charge is 2.22. The first kappa shape index (κ1) is 20.1. The van der Waals surface area contributed by atoms with E-state index in [2.05, 4.69) is 17.6 Å². The lowest BCUT2D eigenvalue weighted by Crippen LogP contribution is -2.49. The molecule has 1 fully saturated rings. The van der Waals surface area contributed by atoms with Crippen LogP contribution < -0.4 is 15.4 Å². The first-order chi connectivity index (χ1) is 12.5. The Morgan fingerprint density at radius 2 is 2.00 bits per heavy atom. The topological polar surface area (TPSA) is 66.0 Å². The van der Waals surface area contributed by atoms with Gasteiger partial charge >= 0.3 is 0 Å². The zero-order chi connectivity index (χ0) is 18.9. The van der Waals surface area contributed by atoms with E-state index in [-0.39, 0.29) is 12.5 Å². The van der Waals surface area contributed by atoms with Gasteiger partial charge in [-0.3, -0.25) is 4.79 Å². The summed E-state index contributed by atoms with van der Waals surface area (Å²) in [5.74, 6) is 2.14. The summed E-state index contributed by atoms with van der Waals surface area (Å²) < 4.78 is 5.40. The van der Waals surface area contributed by atoms with Gasteiger partial charge in [-0.05, 0) is 24.8 Å². The fourth-order valence-corrected chi connectivity index (χ4v) is 3.17. The maximum absolute atomic E-state index is 11.9. The van der Waals surface area contributed by atoms with Crippen LogP contribution in [0.4, 0.5) is 0 Å². The highest BCUT2D eigenvalue weighted by atomic mass is 16.5. The summed E-state index contributed by atoms with van der Waals surface area (Å²) in [4.78, 5) is 18.2. The van der Waals surface area contributed by atoms with Crippen molar-refractivity contribution in [1.82, 2.24) is 15.5 Å². The molecule has 1 saturated carbocycles. The van der Waals surface area contributed by atoms with Crippen LogP contribution in [0.15, 0.2) is 29.3 Å². The van der Waals surface area contributed by atoms with E-state index in [4.69, 9.17) is 9.73 Å². The molecule has 6 heteroatoms. The van der Waals surface area contributed by atoms with E-state index in [1.54, 1.807) is 26.1 Å². The number of nitrogens with one attached hydrogen (secondary N) is 2. The molecule has 0 spiro atoms. The van der Waals surface area contributed by atoms with Crippen LogP contribution in [-0.2, 0) is 11.3 Å². The van der Waals surface area contributed by atoms with Crippen LogP contribution in [0.25, 0.3) is 0 Å². The van der Waals surface area contributed by atoms with Gasteiger partial charge in [-0.1, -0.05) is 38.0 Å². The molecule has 2 atom stereocenters. The van der Waals surface area contributed by atoms with Crippen molar-refractivity contribution in [2.75, 3.05) is 27.7 Å². The van der Waals surface area contributed by atoms with Crippen LogP contribution in [-0.4, -0.2) is 50.6 Å². The molecule has 0 heterocycles. The molecule has 1 aliphatic rings. The van der Waals surface area contributed by atoms with Crippen LogP contribution in [0, 0.1) is 5.92 Å². The molecule has 144 valence electrons. The number of ether oxygens (including phenoxy) is 1. The number of carbonyl (C=O) groups is 1. The first-order valence-electron chi connectivity index (χ1n) is 9.38. The van der Waals surface area contributed by atoms with Crippen molar-refractivity contribution in [3.05, 3.63) is 29.8 Å². The lowest BCUT2D eigenvalue weighted by Gasteiger charge is -2.31. The van der Waals surface area contributed by atoms with E-state index in [1.807, 2.05) is 24.3 Å². The quantitative estimate of drug-likeness (QED) is 0.604. The lowest BCUT2D eigenvalue weighted by atomic mass is 9.86. The van der Waals surface area contributed by atoms with E-state index in [9.17, 15) is 4.79 Å². The molecule has 2 unspecified atom stereocenters. The van der Waals surface area contributed by atoms with E-state index < -0.39 is 0 Å². The number of benzene rings is 1. The minimum Gasteiger partial charge on any atom is -0.496 e. The van der Waals surface area contributed by atoms with E-state index in [1.165, 1.54) is 19.3 Å². The number of likely N-dealkylation sites (N-methyl/N-ethyl adjacent to an activating group) is 1. The van der Waals surface area contributed by atoms with Gasteiger partial charge in [-0.2, -0.15) is 0 Å². The molecule has 6 nitrogen and oxygen atoms in total. The van der Waals surface area contributed by atoms with E-state index >= 15 is 0 Å². The maximum atomic E-state index is 11.9. The van der Waals surface area contributed by atoms with E-state index in [0.29, 0.717) is 24.5 Å². The van der Waals surface area contributed by atoms with Gasteiger partial charge in [0.2, 0.25) is 5.91 Å². The number of hydrogen-bond donors (Lipinski definition) is 2. The van der Waals surface area contributed by atoms with Gasteiger partial charge in [-0.15, -0.1) is 0 Å². The smallest absolute Gasteiger partial charge is 0.241 e. The number of rotatable bonds is 6. The molecule has 1 aromatic carbocycles. The number of hydrogen-bond acceptors (Lipinski definition) is 3. The van der Waals surface area contributed by atoms with Crippen molar-refractivity contribution < 1.29 is 9.53 Å². The SMILES string of the molecule is COc1ccccc1CN=C(NCC(=O)N(C)C)NC1CCCCC1C. The second-order valence-corrected chi connectivity index (χ2v) is 7.13. The van der Waals surface area contributed by atoms with Crippen molar-refractivity contribution in [2.45, 2.75) is 45.2 Å². The summed E-state index contributed by atoms with van der Waals surface area (Å²) in [7, 11) is 5.18. The second kappa shape index (κ2) is 10.0. The number of nitrogens with zero attached hydrogens (tertiary/aromatic N) is 2. The summed E-state index contributed by atoms with van der Waals surface area (Å²) in [6, 6.07) is 8.26. The minimum atomic E-state index is 0.0217. The van der Waals surface area contributed by atoms with Crippen molar-refractivity contribution >= 4 is 11.9 Å². The standard InChI is InChI=1S/C20H32N4O2/c1-15-9-5-7-11-17(15)23-20(22-14-19(25)24(2)3)21-13-16-10-6-8-12-18(16)26-4/h6,8,10,12,15,17H,5,7,9,11,13-14H2,1-4H3,(H2,21,22,23). The number of para-hydroxylation sites is 1. The Morgan fingerprint density at radius 1 is 1.27 bits per heavy atom. The lowest BCUT2D eigenvalue weighted by molar-refractivity contribution is -0.127. The molecule has 0 radical (unpaired) electrons. The Labute approximate surface area is 157 Å². The normalized spacial score (nSPS) is 20.4. The summed E-state index contributed by atoms with van der Waals surface area (Å²) in [6.45, 7) is 3.00. The first-order valence-corrected chi connectivity index (χ1v) is 9.38. The van der Waals surface area contributed by atoms with Gasteiger partial charge in [0.1, 0.15) is 5.75 Å². The third kappa shape index (κ3) is 5.93. The molecule has 1 aromatic rings. The Bertz CT molecular complexity index is 616. The molecule has 2 N–H and O–H groups in total. The average Bonchev–Trinajstić information content (AvgIpc) is 2.65. The number of methoxy groups -OCH3 is 1. The van der Waals surface area contributed by atoms with Crippen molar-refractivity contribution in [2.24, 2.45) is 10.9 Å². The van der Waals surface area contributed by atoms with Gasteiger partial charge < -0.3 is 20.3 Å². The number of guanidine groups is 1. The zero-order valence-corrected chi connectivity index (χ0v) is 16.4. The fraction of sp³-hybridized carbons (Fsp3) is 0.600. The molecule has 0 aromatic heterocycles. The Hall–Kier alpha value is -2.24. The third-order valence-electron chi connectivity index (χ3n) is 4.94. The maximum Gasteiger partial charge on any atom is 0.241 e. The van der Waals surface area contributed by atoms with Gasteiger partial charge in [0, 0.05) is 25.7 Å². The van der Waals surface area contributed by atoms with Gasteiger partial charge in [0.05, 0.1) is 20.2 Å². The Balaban J connectivity index is 2.08. The molecule has 1 aliphatic carbocycles. The summed E-state index contributed by atoms with van der Waals surface area (Å²) in [5, 5.41) is 6.72. The average molecular weight is 361 g/mol. The number of aliphatic imine (C=N–C) groups is 1. The molecule has 0 aliphatic heterocycles. The van der Waals surface area contributed by atoms with Gasteiger partial charge in [0.25, 0.3) is 0 Å². The summed E-state index contributed by atoms with van der Waals surface area (Å²) in [5.41, 5.74) is 1.02. The molecule has 0 bridgehead atoms. The predicted octanol–water partition coefficient (Wildman–Crippen LogP) is 2.40. The van der Waals surface area contributed by atoms with Crippen molar-refractivity contribution in [3.8, 4) is 5.75 Å². The van der Waals surface area contributed by atoms with Crippen LogP contribution in [0.5, 0.6) is 5.75 Å². The third-order valence-corrected chi connectivity index (χ3v) is 4.94. The molecule has 26 heavy (non-hydrogen) atoms. The number of amides is 1. The van der Waals surface area contributed by atoms with Crippen LogP contribution in [0.1, 0.15) is 38.2 Å². The largest absolute Gasteiger partial charge is 0.496 e. The predicted molar refractivity (Wildman–Crippen MR) is 105 cm³/mol. The number of carbonyl (C=O) groups excluding carboxylic acids is 1. The highest BCUT2D eigenvalue weighted by Crippen LogP contribution is 2.23. The van der Waals surface area contributed by atoms with Gasteiger partial charge in [0.15, 0.2) is 5.96 Å². The highest BCUT2D eigenvalue weighted by molar-refractivity contribution is 5.86. The van der Waals surface area contributed by atoms with Crippen molar-refractivity contribution in [1.29, 1.82) is 0 Å². The van der Waals surface area contributed by atoms with Crippen LogP contribution >= 0.6 is 0 Å². The molecule has 0 saturated heterocycles. The Morgan fingerprint density at radius 3 is 2.69 bits per heavy atom. The minimum absolute atomic E-state index is 0.0217. The van der Waals surface area contributed by atoms with E-state index in [0.717, 1.165) is 17.7 Å². The fourth-order valence-electron chi connectivity index (χ4n) is 3.17. The monoisotopic (exact) mass is 360 g/mol. The molecule has 1 amide bonds. The van der Waals surface area contributed by atoms with Gasteiger partial charge in [-0.25, -0.2) is 4.99 Å². The Kier molecular flexibility index (Phi) is 7.75. The second-order valence-electron chi connectivity index (χ2n) is 7.13. The summed E-state index contributed by atoms with van der Waals surface area (Å²) >= 11 is 0.